The van der Waals surface area contributed by atoms with Crippen LogP contribution in [0.15, 0.2) is 12.2 Å². The van der Waals surface area contributed by atoms with Gasteiger partial charge in [0.05, 0.1) is 0 Å². The van der Waals surface area contributed by atoms with Gasteiger partial charge >= 0.3 is 8.80 Å². The third-order valence-corrected chi connectivity index (χ3v) is 5.53. The number of allylic oxidation sites excluding steroid dienone is 1. The molecule has 0 aromatic carbocycles. The first-order valence-electron chi connectivity index (χ1n) is 6.72. The standard InChI is InChI=1S/C13H28O3Si/c1-6-10-13(5)11-12-17(14-7-2,15-8-3)16-9-4/h5-12H2,1-4H3. The van der Waals surface area contributed by atoms with Gasteiger partial charge in [0.25, 0.3) is 0 Å². The smallest absolute Gasteiger partial charge is 0.374 e. The minimum atomic E-state index is -2.45. The van der Waals surface area contributed by atoms with Gasteiger partial charge in [0.15, 0.2) is 0 Å². The van der Waals surface area contributed by atoms with Crippen LogP contribution in [0, 0.1) is 0 Å². The Morgan fingerprint density at radius 3 is 1.71 bits per heavy atom. The van der Waals surface area contributed by atoms with Gasteiger partial charge < -0.3 is 13.3 Å². The summed E-state index contributed by atoms with van der Waals surface area (Å²) in [5.41, 5.74) is 1.27. The SMILES string of the molecule is C=C(CCC)CC[Si](OCC)(OCC)OCC. The normalized spacial score (nSPS) is 11.8. The van der Waals surface area contributed by atoms with Crippen molar-refractivity contribution in [1.82, 2.24) is 0 Å². The third kappa shape index (κ3) is 6.98. The van der Waals surface area contributed by atoms with E-state index >= 15 is 0 Å². The van der Waals surface area contributed by atoms with Crippen molar-refractivity contribution in [2.24, 2.45) is 0 Å². The summed E-state index contributed by atoms with van der Waals surface area (Å²) in [5.74, 6) is 0. The molecular formula is C13H28O3Si. The predicted octanol–water partition coefficient (Wildman–Crippen LogP) is 3.78. The van der Waals surface area contributed by atoms with Crippen LogP contribution < -0.4 is 0 Å². The summed E-state index contributed by atoms with van der Waals surface area (Å²) in [6.07, 6.45) is 3.17. The lowest BCUT2D eigenvalue weighted by Gasteiger charge is -2.28. The van der Waals surface area contributed by atoms with Gasteiger partial charge in [-0.05, 0) is 33.6 Å². The zero-order valence-corrected chi connectivity index (χ0v) is 12.9. The molecule has 0 fully saturated rings. The Labute approximate surface area is 108 Å². The molecule has 3 nitrogen and oxygen atoms in total. The maximum Gasteiger partial charge on any atom is 0.501 e. The van der Waals surface area contributed by atoms with E-state index in [-0.39, 0.29) is 0 Å². The number of hydrogen-bond donors (Lipinski definition) is 0. The van der Waals surface area contributed by atoms with E-state index in [1.165, 1.54) is 5.57 Å². The van der Waals surface area contributed by atoms with E-state index in [9.17, 15) is 0 Å². The molecule has 0 saturated carbocycles. The molecule has 0 bridgehead atoms. The summed E-state index contributed by atoms with van der Waals surface area (Å²) in [4.78, 5) is 0. The Hall–Kier alpha value is -0.163. The fraction of sp³-hybridized carbons (Fsp3) is 0.846. The Morgan fingerprint density at radius 2 is 1.35 bits per heavy atom. The topological polar surface area (TPSA) is 27.7 Å². The van der Waals surface area contributed by atoms with Crippen molar-refractivity contribution in [3.63, 3.8) is 0 Å². The fourth-order valence-electron chi connectivity index (χ4n) is 1.81. The molecule has 0 unspecified atom stereocenters. The molecule has 0 aliphatic carbocycles. The lowest BCUT2D eigenvalue weighted by molar-refractivity contribution is 0.0713. The quantitative estimate of drug-likeness (QED) is 0.418. The summed E-state index contributed by atoms with van der Waals surface area (Å²) < 4.78 is 17.4. The highest BCUT2D eigenvalue weighted by atomic mass is 28.4. The van der Waals surface area contributed by atoms with Crippen LogP contribution >= 0.6 is 0 Å². The van der Waals surface area contributed by atoms with Crippen LogP contribution in [-0.2, 0) is 13.3 Å². The van der Waals surface area contributed by atoms with Crippen LogP contribution in [0.3, 0.4) is 0 Å². The Bertz CT molecular complexity index is 190. The van der Waals surface area contributed by atoms with Crippen molar-refractivity contribution < 1.29 is 13.3 Å². The third-order valence-electron chi connectivity index (χ3n) is 2.48. The van der Waals surface area contributed by atoms with Crippen LogP contribution in [-0.4, -0.2) is 28.6 Å². The Kier molecular flexibility index (Phi) is 9.73. The van der Waals surface area contributed by atoms with Gasteiger partial charge in [-0.1, -0.05) is 25.5 Å². The molecule has 0 heterocycles. The van der Waals surface area contributed by atoms with Gasteiger partial charge in [-0.3, -0.25) is 0 Å². The second kappa shape index (κ2) is 9.83. The maximum atomic E-state index is 5.79. The average Bonchev–Trinajstić information content (AvgIpc) is 2.28. The van der Waals surface area contributed by atoms with Crippen LogP contribution in [0.2, 0.25) is 6.04 Å². The van der Waals surface area contributed by atoms with Crippen molar-refractivity contribution in [2.75, 3.05) is 19.8 Å². The van der Waals surface area contributed by atoms with E-state index in [0.29, 0.717) is 19.8 Å². The molecule has 0 aromatic heterocycles. The first-order valence-corrected chi connectivity index (χ1v) is 8.65. The second-order valence-corrected chi connectivity index (χ2v) is 6.71. The van der Waals surface area contributed by atoms with E-state index in [1.807, 2.05) is 20.8 Å². The molecule has 0 aliphatic heterocycles. The second-order valence-electron chi connectivity index (χ2n) is 3.98. The number of hydrogen-bond acceptors (Lipinski definition) is 3. The number of rotatable bonds is 11. The van der Waals surface area contributed by atoms with Crippen molar-refractivity contribution in [3.05, 3.63) is 12.2 Å². The van der Waals surface area contributed by atoms with E-state index in [1.54, 1.807) is 0 Å². The zero-order chi connectivity index (χ0) is 13.1. The minimum absolute atomic E-state index is 0.645. The van der Waals surface area contributed by atoms with Gasteiger partial charge in [-0.25, -0.2) is 0 Å². The summed E-state index contributed by atoms with van der Waals surface area (Å²) in [6.45, 7) is 14.1. The van der Waals surface area contributed by atoms with Crippen molar-refractivity contribution in [3.8, 4) is 0 Å². The highest BCUT2D eigenvalue weighted by Crippen LogP contribution is 2.22. The molecular weight excluding hydrogens is 232 g/mol. The van der Waals surface area contributed by atoms with Crippen LogP contribution in [0.5, 0.6) is 0 Å². The maximum absolute atomic E-state index is 5.79. The van der Waals surface area contributed by atoms with Crippen molar-refractivity contribution in [2.45, 2.75) is 53.0 Å². The predicted molar refractivity (Wildman–Crippen MR) is 74.1 cm³/mol. The molecule has 0 saturated heterocycles. The monoisotopic (exact) mass is 260 g/mol. The highest BCUT2D eigenvalue weighted by molar-refractivity contribution is 6.60. The molecule has 102 valence electrons. The highest BCUT2D eigenvalue weighted by Gasteiger charge is 2.39. The summed E-state index contributed by atoms with van der Waals surface area (Å²) in [7, 11) is -2.45. The molecule has 0 spiro atoms. The minimum Gasteiger partial charge on any atom is -0.374 e. The molecule has 0 radical (unpaired) electrons. The summed E-state index contributed by atoms with van der Waals surface area (Å²) >= 11 is 0. The first kappa shape index (κ1) is 16.8. The lowest BCUT2D eigenvalue weighted by Crippen LogP contribution is -2.45. The van der Waals surface area contributed by atoms with E-state index in [2.05, 4.69) is 13.5 Å². The van der Waals surface area contributed by atoms with Crippen molar-refractivity contribution >= 4 is 8.80 Å². The van der Waals surface area contributed by atoms with Gasteiger partial charge in [0.2, 0.25) is 0 Å². The summed E-state index contributed by atoms with van der Waals surface area (Å²) in [5, 5.41) is 0. The van der Waals surface area contributed by atoms with Crippen LogP contribution in [0.25, 0.3) is 0 Å². The molecule has 0 atom stereocenters. The average molecular weight is 260 g/mol. The molecule has 0 aromatic rings. The van der Waals surface area contributed by atoms with Crippen LogP contribution in [0.4, 0.5) is 0 Å². The van der Waals surface area contributed by atoms with E-state index < -0.39 is 8.80 Å². The van der Waals surface area contributed by atoms with Crippen molar-refractivity contribution in [1.29, 1.82) is 0 Å². The molecule has 4 heteroatoms. The molecule has 0 N–H and O–H groups in total. The molecule has 0 aliphatic rings. The van der Waals surface area contributed by atoms with Gasteiger partial charge in [0, 0.05) is 25.9 Å². The molecule has 0 rings (SSSR count). The van der Waals surface area contributed by atoms with Gasteiger partial charge in [0.1, 0.15) is 0 Å². The fourth-order valence-corrected chi connectivity index (χ4v) is 4.47. The van der Waals surface area contributed by atoms with E-state index in [4.69, 9.17) is 13.3 Å². The van der Waals surface area contributed by atoms with Gasteiger partial charge in [-0.15, -0.1) is 0 Å². The lowest BCUT2D eigenvalue weighted by atomic mass is 10.1. The Balaban J connectivity index is 4.37. The van der Waals surface area contributed by atoms with Gasteiger partial charge in [-0.2, -0.15) is 0 Å². The summed E-state index contributed by atoms with van der Waals surface area (Å²) in [6, 6.07) is 0.849. The largest absolute Gasteiger partial charge is 0.501 e. The molecule has 17 heavy (non-hydrogen) atoms. The van der Waals surface area contributed by atoms with Crippen LogP contribution in [0.1, 0.15) is 47.0 Å². The zero-order valence-electron chi connectivity index (χ0n) is 11.9. The Morgan fingerprint density at radius 1 is 0.882 bits per heavy atom. The first-order chi connectivity index (χ1) is 8.14. The molecule has 0 amide bonds. The van der Waals surface area contributed by atoms with E-state index in [0.717, 1.165) is 25.3 Å².